The van der Waals surface area contributed by atoms with E-state index in [9.17, 15) is 4.79 Å². The minimum atomic E-state index is -0.294. The summed E-state index contributed by atoms with van der Waals surface area (Å²) >= 11 is 0. The molecule has 248 valence electrons. The molecule has 1 aliphatic carbocycles. The molecule has 0 atom stereocenters. The molecule has 0 N–H and O–H groups in total. The van der Waals surface area contributed by atoms with Crippen molar-refractivity contribution in [2.24, 2.45) is 0 Å². The first kappa shape index (κ1) is 32.2. The highest BCUT2D eigenvalue weighted by atomic mass is 16.5. The quantitative estimate of drug-likeness (QED) is 0.104. The number of fused-ring (bicyclic) bond motifs is 4. The summed E-state index contributed by atoms with van der Waals surface area (Å²) < 4.78 is 52.4. The Morgan fingerprint density at radius 2 is 1.19 bits per heavy atom. The van der Waals surface area contributed by atoms with Crippen LogP contribution >= 0.6 is 0 Å². The van der Waals surface area contributed by atoms with E-state index in [4.69, 9.17) is 42.3 Å². The normalized spacial score (nSPS) is 11.1. The van der Waals surface area contributed by atoms with Gasteiger partial charge in [-0.05, 0) is 64.5 Å². The van der Waals surface area contributed by atoms with E-state index < -0.39 is 0 Å². The molecule has 4 aromatic carbocycles. The zero-order chi connectivity index (χ0) is 34.1. The molecule has 1 aliphatic heterocycles. The number of hydrogen-bond donors (Lipinski definition) is 0. The number of hydrogen-bond acceptors (Lipinski definition) is 10. The summed E-state index contributed by atoms with van der Waals surface area (Å²) in [7, 11) is 12.6. The highest BCUT2D eigenvalue weighted by Crippen LogP contribution is 2.52. The van der Waals surface area contributed by atoms with Gasteiger partial charge in [0, 0.05) is 40.5 Å². The van der Waals surface area contributed by atoms with E-state index in [0.717, 1.165) is 38.4 Å². The Kier molecular flexibility index (Phi) is 8.82. The Labute approximate surface area is 277 Å². The summed E-state index contributed by atoms with van der Waals surface area (Å²) in [6.45, 7) is 0. The summed E-state index contributed by atoms with van der Waals surface area (Å²) in [4.78, 5) is 12.9. The van der Waals surface area contributed by atoms with Gasteiger partial charge in [-0.25, -0.2) is 0 Å². The Balaban J connectivity index is 1.87. The predicted octanol–water partition coefficient (Wildman–Crippen LogP) is 7.38. The van der Waals surface area contributed by atoms with Crippen molar-refractivity contribution in [3.63, 3.8) is 0 Å². The van der Waals surface area contributed by atoms with E-state index >= 15 is 0 Å². The first-order valence-electron chi connectivity index (χ1n) is 15.0. The van der Waals surface area contributed by atoms with Crippen molar-refractivity contribution in [3.05, 3.63) is 82.0 Å². The van der Waals surface area contributed by atoms with Crippen LogP contribution < -0.4 is 43.3 Å². The van der Waals surface area contributed by atoms with Crippen molar-refractivity contribution in [2.75, 3.05) is 56.9 Å². The lowest BCUT2D eigenvalue weighted by atomic mass is 9.86. The van der Waals surface area contributed by atoms with E-state index in [-0.39, 0.29) is 11.2 Å². The van der Waals surface area contributed by atoms with Crippen molar-refractivity contribution in [3.8, 4) is 68.4 Å². The van der Waals surface area contributed by atoms with Crippen LogP contribution in [0.2, 0.25) is 0 Å². The molecule has 0 amide bonds. The van der Waals surface area contributed by atoms with Gasteiger partial charge < -0.3 is 42.3 Å². The van der Waals surface area contributed by atoms with Crippen molar-refractivity contribution in [1.82, 2.24) is 0 Å². The molecule has 10 nitrogen and oxygen atoms in total. The van der Waals surface area contributed by atoms with Gasteiger partial charge in [-0.1, -0.05) is 6.07 Å². The summed E-state index contributed by atoms with van der Waals surface area (Å²) in [6, 6.07) is 18.5. The minimum absolute atomic E-state index is 0.207. The lowest BCUT2D eigenvalue weighted by Gasteiger charge is -2.23. The number of benzene rings is 5. The number of rotatable bonds is 11. The van der Waals surface area contributed by atoms with Gasteiger partial charge in [0.2, 0.25) is 11.2 Å². The number of methoxy groups -OCH3 is 8. The molecule has 48 heavy (non-hydrogen) atoms. The Bertz CT molecular complexity index is 2160. The van der Waals surface area contributed by atoms with Crippen molar-refractivity contribution in [2.45, 2.75) is 6.42 Å². The third-order valence-corrected chi connectivity index (χ3v) is 8.46. The summed E-state index contributed by atoms with van der Waals surface area (Å²) in [5, 5.41) is 2.25. The Morgan fingerprint density at radius 3 is 1.79 bits per heavy atom. The second-order valence-corrected chi connectivity index (χ2v) is 10.9. The lowest BCUT2D eigenvalue weighted by molar-refractivity contribution is 0.327. The third kappa shape index (κ3) is 5.38. The second-order valence-electron chi connectivity index (χ2n) is 10.9. The smallest absolute Gasteiger partial charge is 0.224 e. The zero-order valence-electron chi connectivity index (χ0n) is 28.1. The first-order valence-corrected chi connectivity index (χ1v) is 15.0. The molecule has 2 aliphatic rings. The maximum Gasteiger partial charge on any atom is 0.224 e. The fourth-order valence-electron chi connectivity index (χ4n) is 6.27. The summed E-state index contributed by atoms with van der Waals surface area (Å²) in [5.74, 6) is 4.36. The molecule has 0 radical (unpaired) electrons. The van der Waals surface area contributed by atoms with Crippen LogP contribution in [0.15, 0.2) is 69.9 Å². The van der Waals surface area contributed by atoms with Gasteiger partial charge in [0.1, 0.15) is 22.8 Å². The topological polar surface area (TPSA) is 104 Å². The van der Waals surface area contributed by atoms with Gasteiger partial charge in [-0.2, -0.15) is 0 Å². The maximum atomic E-state index is 12.9. The van der Waals surface area contributed by atoms with Crippen LogP contribution in [0.3, 0.4) is 0 Å². The van der Waals surface area contributed by atoms with Crippen LogP contribution in [-0.4, -0.2) is 56.9 Å². The van der Waals surface area contributed by atoms with Crippen LogP contribution in [0.4, 0.5) is 0 Å². The summed E-state index contributed by atoms with van der Waals surface area (Å²) in [6.07, 6.45) is 0.385. The van der Waals surface area contributed by atoms with Crippen LogP contribution in [0, 0.1) is 0 Å². The molecule has 4 aromatic rings. The average molecular weight is 653 g/mol. The van der Waals surface area contributed by atoms with Crippen molar-refractivity contribution < 1.29 is 42.3 Å². The largest absolute Gasteiger partial charge is 0.497 e. The minimum Gasteiger partial charge on any atom is -0.497 e. The molecule has 0 spiro atoms. The molecule has 0 aromatic heterocycles. The Morgan fingerprint density at radius 1 is 0.542 bits per heavy atom. The molecular formula is C38H36O10. The Hall–Kier alpha value is -5.77. The molecule has 0 saturated carbocycles. The molecule has 0 saturated heterocycles. The van der Waals surface area contributed by atoms with Gasteiger partial charge >= 0.3 is 0 Å². The number of ether oxygens (including phenoxy) is 8. The molecule has 10 heteroatoms. The molecule has 1 heterocycles. The second kappa shape index (κ2) is 13.2. The average Bonchev–Trinajstić information content (AvgIpc) is 3.12. The van der Waals surface area contributed by atoms with Crippen molar-refractivity contribution >= 4 is 21.7 Å². The third-order valence-electron chi connectivity index (χ3n) is 8.46. The van der Waals surface area contributed by atoms with Gasteiger partial charge in [0.15, 0.2) is 28.7 Å². The maximum absolute atomic E-state index is 12.9. The highest BCUT2D eigenvalue weighted by Gasteiger charge is 2.27. The fourth-order valence-corrected chi connectivity index (χ4v) is 6.27. The van der Waals surface area contributed by atoms with Gasteiger partial charge in [-0.3, -0.25) is 4.79 Å². The standard InChI is InChI=1S/C38H36O10/c1-40-23-11-20(12-24(17-23)41-2)13-26-34(21-9-10-29(42-3)32(15-21)44-5)25-18-33(45-6)37(46-7)38(47-8)35(25)27-14-22-16-31(43-4)28(39)19-30(22)48-36(26)27/h9-12,14-19H,13H2,1-8H3. The fraction of sp³-hybridized carbons (Fsp3) is 0.237. The highest BCUT2D eigenvalue weighted by molar-refractivity contribution is 6.19. The molecule has 0 fully saturated rings. The van der Waals surface area contributed by atoms with Crippen molar-refractivity contribution in [1.29, 1.82) is 0 Å². The zero-order valence-corrected chi connectivity index (χ0v) is 28.1. The monoisotopic (exact) mass is 652 g/mol. The van der Waals surface area contributed by atoms with Crippen LogP contribution in [-0.2, 0) is 6.42 Å². The SMILES string of the molecule is COc1cc(Cc2c(-c3ccc(OC)c(OC)c3)c3cc(OC)c(OC)c(OC)c3c3cc4cc(OC)c(=O)cc-4oc23)cc(OC)c1. The van der Waals surface area contributed by atoms with E-state index in [0.29, 0.717) is 63.6 Å². The van der Waals surface area contributed by atoms with E-state index in [1.54, 1.807) is 55.8 Å². The summed E-state index contributed by atoms with van der Waals surface area (Å²) in [5.41, 5.74) is 4.26. The van der Waals surface area contributed by atoms with Gasteiger partial charge in [0.25, 0.3) is 0 Å². The lowest BCUT2D eigenvalue weighted by Crippen LogP contribution is -2.06. The van der Waals surface area contributed by atoms with E-state index in [1.807, 2.05) is 48.5 Å². The van der Waals surface area contributed by atoms with Crippen LogP contribution in [0.25, 0.3) is 44.2 Å². The van der Waals surface area contributed by atoms with E-state index in [1.165, 1.54) is 13.2 Å². The van der Waals surface area contributed by atoms with Gasteiger partial charge in [0.05, 0.1) is 56.9 Å². The molecule has 0 bridgehead atoms. The molecular weight excluding hydrogens is 616 g/mol. The first-order chi connectivity index (χ1) is 23.3. The predicted molar refractivity (Wildman–Crippen MR) is 184 cm³/mol. The van der Waals surface area contributed by atoms with E-state index in [2.05, 4.69) is 0 Å². The molecule has 6 rings (SSSR count). The van der Waals surface area contributed by atoms with Crippen LogP contribution in [0.5, 0.6) is 46.0 Å². The molecule has 0 unspecified atom stereocenters. The van der Waals surface area contributed by atoms with Gasteiger partial charge in [-0.15, -0.1) is 0 Å². The van der Waals surface area contributed by atoms with Crippen LogP contribution in [0.1, 0.15) is 11.1 Å².